The highest BCUT2D eigenvalue weighted by molar-refractivity contribution is 9.10. The first-order chi connectivity index (χ1) is 10.1. The normalized spacial score (nSPS) is 21.0. The SMILES string of the molecule is CC(O)CC1COCCN1c1ncnc2c1c(Br)nn2C. The summed E-state index contributed by atoms with van der Waals surface area (Å²) in [5.41, 5.74) is 0.786. The number of ether oxygens (including phenoxy) is 1. The summed E-state index contributed by atoms with van der Waals surface area (Å²) in [7, 11) is 1.86. The minimum atomic E-state index is -0.381. The van der Waals surface area contributed by atoms with E-state index in [4.69, 9.17) is 4.74 Å². The molecule has 1 aliphatic rings. The van der Waals surface area contributed by atoms with Crippen molar-refractivity contribution in [1.29, 1.82) is 0 Å². The lowest BCUT2D eigenvalue weighted by Crippen LogP contribution is -2.47. The molecule has 0 radical (unpaired) electrons. The van der Waals surface area contributed by atoms with Crippen LogP contribution >= 0.6 is 15.9 Å². The Hall–Kier alpha value is -1.25. The topological polar surface area (TPSA) is 76.3 Å². The van der Waals surface area contributed by atoms with Crippen molar-refractivity contribution in [3.05, 3.63) is 10.9 Å². The molecular weight excluding hydrogens is 338 g/mol. The van der Waals surface area contributed by atoms with E-state index in [9.17, 15) is 5.11 Å². The molecular formula is C13H18BrN5O2. The fraction of sp³-hybridized carbons (Fsp3) is 0.615. The standard InChI is InChI=1S/C13H18BrN5O2/c1-8(20)5-9-6-21-4-3-19(9)13-10-11(14)17-18(2)12(10)15-7-16-13/h7-9,20H,3-6H2,1-2H3. The van der Waals surface area contributed by atoms with Gasteiger partial charge in [0.1, 0.15) is 16.7 Å². The second kappa shape index (κ2) is 5.86. The van der Waals surface area contributed by atoms with Crippen LogP contribution in [0.3, 0.4) is 0 Å². The van der Waals surface area contributed by atoms with Gasteiger partial charge >= 0.3 is 0 Å². The molecule has 3 rings (SSSR count). The van der Waals surface area contributed by atoms with Crippen LogP contribution in [0, 0.1) is 0 Å². The molecule has 2 aromatic heterocycles. The quantitative estimate of drug-likeness (QED) is 0.888. The van der Waals surface area contributed by atoms with Gasteiger partial charge in [-0.2, -0.15) is 5.10 Å². The van der Waals surface area contributed by atoms with Crippen LogP contribution in [0.4, 0.5) is 5.82 Å². The zero-order valence-corrected chi connectivity index (χ0v) is 13.6. The third-order valence-electron chi connectivity index (χ3n) is 3.67. The lowest BCUT2D eigenvalue weighted by molar-refractivity contribution is 0.0719. The maximum Gasteiger partial charge on any atom is 0.164 e. The van der Waals surface area contributed by atoms with Crippen LogP contribution in [0.5, 0.6) is 0 Å². The summed E-state index contributed by atoms with van der Waals surface area (Å²) in [6.07, 6.45) is 1.82. The van der Waals surface area contributed by atoms with Gasteiger partial charge in [-0.05, 0) is 29.3 Å². The van der Waals surface area contributed by atoms with Gasteiger partial charge in [0.2, 0.25) is 0 Å². The van der Waals surface area contributed by atoms with Gasteiger partial charge in [-0.1, -0.05) is 0 Å². The summed E-state index contributed by atoms with van der Waals surface area (Å²) in [5, 5.41) is 15.0. The Balaban J connectivity index is 2.05. The van der Waals surface area contributed by atoms with Gasteiger partial charge < -0.3 is 14.7 Å². The number of aliphatic hydroxyl groups is 1. The van der Waals surface area contributed by atoms with Crippen molar-refractivity contribution in [2.24, 2.45) is 7.05 Å². The smallest absolute Gasteiger partial charge is 0.164 e. The second-order valence-electron chi connectivity index (χ2n) is 5.32. The monoisotopic (exact) mass is 355 g/mol. The number of hydrogen-bond donors (Lipinski definition) is 1. The molecule has 1 saturated heterocycles. The van der Waals surface area contributed by atoms with Gasteiger partial charge in [-0.3, -0.25) is 0 Å². The number of rotatable bonds is 3. The molecule has 2 aromatic rings. The van der Waals surface area contributed by atoms with E-state index in [1.165, 1.54) is 0 Å². The van der Waals surface area contributed by atoms with E-state index in [-0.39, 0.29) is 12.1 Å². The third kappa shape index (κ3) is 2.75. The Kier molecular flexibility index (Phi) is 4.10. The maximum absolute atomic E-state index is 9.70. The molecule has 1 N–H and O–H groups in total. The highest BCUT2D eigenvalue weighted by atomic mass is 79.9. The van der Waals surface area contributed by atoms with Crippen molar-refractivity contribution < 1.29 is 9.84 Å². The average Bonchev–Trinajstić information content (AvgIpc) is 2.74. The number of halogens is 1. The van der Waals surface area contributed by atoms with E-state index >= 15 is 0 Å². The van der Waals surface area contributed by atoms with Crippen LogP contribution in [0.2, 0.25) is 0 Å². The van der Waals surface area contributed by atoms with E-state index in [0.29, 0.717) is 19.6 Å². The fourth-order valence-electron chi connectivity index (χ4n) is 2.77. The molecule has 0 amide bonds. The number of hydrogen-bond acceptors (Lipinski definition) is 6. The summed E-state index contributed by atoms with van der Waals surface area (Å²) in [6, 6.07) is 0.101. The van der Waals surface area contributed by atoms with Gasteiger partial charge in [0.15, 0.2) is 5.65 Å². The maximum atomic E-state index is 9.70. The summed E-state index contributed by atoms with van der Waals surface area (Å²) in [4.78, 5) is 10.9. The summed E-state index contributed by atoms with van der Waals surface area (Å²) >= 11 is 3.49. The lowest BCUT2D eigenvalue weighted by atomic mass is 10.1. The zero-order valence-electron chi connectivity index (χ0n) is 12.0. The number of anilines is 1. The molecule has 2 atom stereocenters. The first-order valence-electron chi connectivity index (χ1n) is 6.93. The van der Waals surface area contributed by atoms with E-state index in [0.717, 1.165) is 28.0 Å². The molecule has 8 heteroatoms. The minimum Gasteiger partial charge on any atom is -0.393 e. The molecule has 1 aliphatic heterocycles. The Morgan fingerprint density at radius 2 is 2.33 bits per heavy atom. The largest absolute Gasteiger partial charge is 0.393 e. The van der Waals surface area contributed by atoms with Crippen molar-refractivity contribution >= 4 is 32.8 Å². The Bertz CT molecular complexity index is 645. The lowest BCUT2D eigenvalue weighted by Gasteiger charge is -2.37. The van der Waals surface area contributed by atoms with Crippen molar-refractivity contribution in [3.8, 4) is 0 Å². The minimum absolute atomic E-state index is 0.101. The number of aliphatic hydroxyl groups excluding tert-OH is 1. The molecule has 0 bridgehead atoms. The van der Waals surface area contributed by atoms with E-state index in [1.807, 2.05) is 7.05 Å². The molecule has 0 aliphatic carbocycles. The third-order valence-corrected chi connectivity index (χ3v) is 4.23. The van der Waals surface area contributed by atoms with Gasteiger partial charge in [0.05, 0.1) is 30.7 Å². The molecule has 114 valence electrons. The molecule has 21 heavy (non-hydrogen) atoms. The van der Waals surface area contributed by atoms with Gasteiger partial charge in [0.25, 0.3) is 0 Å². The zero-order chi connectivity index (χ0) is 15.0. The van der Waals surface area contributed by atoms with Crippen LogP contribution in [-0.2, 0) is 11.8 Å². The van der Waals surface area contributed by atoms with Gasteiger partial charge in [0, 0.05) is 13.6 Å². The van der Waals surface area contributed by atoms with Crippen molar-refractivity contribution in [3.63, 3.8) is 0 Å². The molecule has 0 aromatic carbocycles. The molecule has 1 fully saturated rings. The number of fused-ring (bicyclic) bond motifs is 1. The van der Waals surface area contributed by atoms with Crippen LogP contribution in [0.15, 0.2) is 10.9 Å². The van der Waals surface area contributed by atoms with E-state index in [1.54, 1.807) is 17.9 Å². The van der Waals surface area contributed by atoms with Crippen molar-refractivity contribution in [2.75, 3.05) is 24.7 Å². The number of morpholine rings is 1. The molecule has 0 saturated carbocycles. The highest BCUT2D eigenvalue weighted by Crippen LogP contribution is 2.31. The molecule has 0 spiro atoms. The van der Waals surface area contributed by atoms with Crippen LogP contribution < -0.4 is 4.90 Å². The number of nitrogens with zero attached hydrogens (tertiary/aromatic N) is 5. The Morgan fingerprint density at radius 1 is 1.52 bits per heavy atom. The van der Waals surface area contributed by atoms with Gasteiger partial charge in [-0.25, -0.2) is 14.6 Å². The van der Waals surface area contributed by atoms with E-state index in [2.05, 4.69) is 35.9 Å². The summed E-state index contributed by atoms with van der Waals surface area (Å²) < 4.78 is 8.02. The Labute approximate surface area is 131 Å². The van der Waals surface area contributed by atoms with Gasteiger partial charge in [-0.15, -0.1) is 0 Å². The predicted octanol–water partition coefficient (Wildman–Crippen LogP) is 1.10. The van der Waals surface area contributed by atoms with Crippen LogP contribution in [0.25, 0.3) is 11.0 Å². The molecule has 3 heterocycles. The Morgan fingerprint density at radius 3 is 3.10 bits per heavy atom. The summed E-state index contributed by atoms with van der Waals surface area (Å²) in [5.74, 6) is 0.842. The number of aromatic nitrogens is 4. The van der Waals surface area contributed by atoms with E-state index < -0.39 is 0 Å². The number of aryl methyl sites for hydroxylation is 1. The fourth-order valence-corrected chi connectivity index (χ4v) is 3.36. The first kappa shape index (κ1) is 14.7. The van der Waals surface area contributed by atoms with Crippen molar-refractivity contribution in [1.82, 2.24) is 19.7 Å². The van der Waals surface area contributed by atoms with Crippen LogP contribution in [-0.4, -0.2) is 56.8 Å². The summed E-state index contributed by atoms with van der Waals surface area (Å²) in [6.45, 7) is 3.78. The molecule has 7 nitrogen and oxygen atoms in total. The predicted molar refractivity (Wildman–Crippen MR) is 82.3 cm³/mol. The molecule has 2 unspecified atom stereocenters. The van der Waals surface area contributed by atoms with Crippen LogP contribution in [0.1, 0.15) is 13.3 Å². The van der Waals surface area contributed by atoms with Crippen molar-refractivity contribution in [2.45, 2.75) is 25.5 Å². The second-order valence-corrected chi connectivity index (χ2v) is 6.07. The average molecular weight is 356 g/mol. The highest BCUT2D eigenvalue weighted by Gasteiger charge is 2.28. The first-order valence-corrected chi connectivity index (χ1v) is 7.73.